The molecule has 1 saturated carbocycles. The van der Waals surface area contributed by atoms with E-state index in [-0.39, 0.29) is 18.9 Å². The van der Waals surface area contributed by atoms with Crippen LogP contribution in [0.1, 0.15) is 26.2 Å². The van der Waals surface area contributed by atoms with Crippen molar-refractivity contribution in [2.75, 3.05) is 13.6 Å². The quantitative estimate of drug-likeness (QED) is 0.612. The van der Waals surface area contributed by atoms with Gasteiger partial charge < -0.3 is 20.6 Å². The number of rotatable bonds is 6. The molecule has 1 unspecified atom stereocenters. The van der Waals surface area contributed by atoms with Crippen LogP contribution < -0.4 is 10.6 Å². The fourth-order valence-corrected chi connectivity index (χ4v) is 1.28. The molecule has 3 N–H and O–H groups in total. The summed E-state index contributed by atoms with van der Waals surface area (Å²) in [5, 5.41) is 14.0. The number of carbonyl (C=O) groups excluding carboxylic acids is 2. The first-order valence-corrected chi connectivity index (χ1v) is 5.94. The number of carboxylic acids is 1. The topological polar surface area (TPSA) is 98.7 Å². The number of urea groups is 1. The van der Waals surface area contributed by atoms with Gasteiger partial charge in [-0.2, -0.15) is 0 Å². The van der Waals surface area contributed by atoms with Gasteiger partial charge in [-0.15, -0.1) is 0 Å². The van der Waals surface area contributed by atoms with Crippen molar-refractivity contribution in [2.24, 2.45) is 0 Å². The van der Waals surface area contributed by atoms with E-state index in [1.165, 1.54) is 14.0 Å². The Hall–Kier alpha value is -1.79. The van der Waals surface area contributed by atoms with Crippen LogP contribution in [-0.4, -0.2) is 53.6 Å². The van der Waals surface area contributed by atoms with Gasteiger partial charge in [0.2, 0.25) is 5.91 Å². The highest BCUT2D eigenvalue weighted by Crippen LogP contribution is 2.18. The maximum Gasteiger partial charge on any atom is 0.326 e. The first kappa shape index (κ1) is 14.3. The Morgan fingerprint density at radius 2 is 2.00 bits per heavy atom. The number of carbonyl (C=O) groups is 3. The largest absolute Gasteiger partial charge is 0.480 e. The van der Waals surface area contributed by atoms with Gasteiger partial charge in [0.25, 0.3) is 0 Å². The summed E-state index contributed by atoms with van der Waals surface area (Å²) < 4.78 is 0. The van der Waals surface area contributed by atoms with Gasteiger partial charge in [-0.25, -0.2) is 9.59 Å². The number of carboxylic acid groups (broad SMARTS) is 1. The van der Waals surface area contributed by atoms with Crippen LogP contribution in [-0.2, 0) is 9.59 Å². The number of amides is 3. The summed E-state index contributed by atoms with van der Waals surface area (Å²) in [7, 11) is 1.40. The Bertz CT molecular complexity index is 341. The van der Waals surface area contributed by atoms with Gasteiger partial charge in [-0.05, 0) is 19.8 Å². The average Bonchev–Trinajstić information content (AvgIpc) is 3.10. The SMILES string of the molecule is CC(C(=O)O)N(C)C(=O)NCCC(=O)NC1CC1. The van der Waals surface area contributed by atoms with E-state index in [0.717, 1.165) is 17.7 Å². The van der Waals surface area contributed by atoms with Gasteiger partial charge in [0, 0.05) is 26.1 Å². The highest BCUT2D eigenvalue weighted by Gasteiger charge is 2.23. The molecule has 7 heteroatoms. The molecule has 1 fully saturated rings. The lowest BCUT2D eigenvalue weighted by Crippen LogP contribution is -2.46. The standard InChI is InChI=1S/C11H19N3O4/c1-7(10(16)17)14(2)11(18)12-6-5-9(15)13-8-3-4-8/h7-8H,3-6H2,1-2H3,(H,12,18)(H,13,15)(H,16,17). The summed E-state index contributed by atoms with van der Waals surface area (Å²) in [6, 6.07) is -1.09. The van der Waals surface area contributed by atoms with Crippen molar-refractivity contribution in [1.29, 1.82) is 0 Å². The molecule has 0 spiro atoms. The van der Waals surface area contributed by atoms with Crippen molar-refractivity contribution in [3.8, 4) is 0 Å². The number of nitrogens with zero attached hydrogens (tertiary/aromatic N) is 1. The normalized spacial score (nSPS) is 15.7. The van der Waals surface area contributed by atoms with Gasteiger partial charge in [-0.3, -0.25) is 4.79 Å². The molecule has 0 bridgehead atoms. The minimum absolute atomic E-state index is 0.0910. The second kappa shape index (κ2) is 6.23. The zero-order chi connectivity index (χ0) is 13.7. The molecule has 0 aromatic heterocycles. The van der Waals surface area contributed by atoms with Crippen LogP contribution in [0.25, 0.3) is 0 Å². The highest BCUT2D eigenvalue weighted by atomic mass is 16.4. The molecule has 102 valence electrons. The van der Waals surface area contributed by atoms with Crippen molar-refractivity contribution in [2.45, 2.75) is 38.3 Å². The zero-order valence-electron chi connectivity index (χ0n) is 10.6. The number of nitrogens with one attached hydrogen (secondary N) is 2. The Morgan fingerprint density at radius 3 is 2.50 bits per heavy atom. The summed E-state index contributed by atoms with van der Waals surface area (Å²) in [5.74, 6) is -1.16. The van der Waals surface area contributed by atoms with E-state index in [2.05, 4.69) is 10.6 Å². The molecule has 0 aromatic carbocycles. The molecule has 0 saturated heterocycles. The first-order valence-electron chi connectivity index (χ1n) is 5.94. The molecule has 1 aliphatic carbocycles. The van der Waals surface area contributed by atoms with Gasteiger partial charge in [0.15, 0.2) is 0 Å². The number of aliphatic carboxylic acids is 1. The Morgan fingerprint density at radius 1 is 1.39 bits per heavy atom. The van der Waals surface area contributed by atoms with Gasteiger partial charge in [-0.1, -0.05) is 0 Å². The molecule has 0 aromatic rings. The number of hydrogen-bond donors (Lipinski definition) is 3. The van der Waals surface area contributed by atoms with Gasteiger partial charge in [0.05, 0.1) is 0 Å². The third-order valence-corrected chi connectivity index (χ3v) is 2.83. The average molecular weight is 257 g/mol. The second-order valence-corrected chi connectivity index (χ2v) is 4.45. The maximum atomic E-state index is 11.5. The van der Waals surface area contributed by atoms with Crippen LogP contribution in [0.15, 0.2) is 0 Å². The summed E-state index contributed by atoms with van der Waals surface area (Å²) >= 11 is 0. The monoisotopic (exact) mass is 257 g/mol. The third-order valence-electron chi connectivity index (χ3n) is 2.83. The number of likely N-dealkylation sites (N-methyl/N-ethyl adjacent to an activating group) is 1. The lowest BCUT2D eigenvalue weighted by molar-refractivity contribution is -0.141. The second-order valence-electron chi connectivity index (χ2n) is 4.45. The smallest absolute Gasteiger partial charge is 0.326 e. The van der Waals surface area contributed by atoms with E-state index < -0.39 is 18.0 Å². The van der Waals surface area contributed by atoms with Gasteiger partial charge >= 0.3 is 12.0 Å². The van der Waals surface area contributed by atoms with Crippen molar-refractivity contribution in [3.63, 3.8) is 0 Å². The summed E-state index contributed by atoms with van der Waals surface area (Å²) in [6.07, 6.45) is 2.26. The van der Waals surface area contributed by atoms with Crippen LogP contribution in [0.5, 0.6) is 0 Å². The Labute approximate surface area is 106 Å². The molecule has 0 aliphatic heterocycles. The molecule has 1 aliphatic rings. The molecule has 0 heterocycles. The summed E-state index contributed by atoms with van der Waals surface area (Å²) in [4.78, 5) is 34.6. The van der Waals surface area contributed by atoms with E-state index in [0.29, 0.717) is 6.04 Å². The van der Waals surface area contributed by atoms with E-state index in [4.69, 9.17) is 5.11 Å². The van der Waals surface area contributed by atoms with Crippen LogP contribution in [0.3, 0.4) is 0 Å². The van der Waals surface area contributed by atoms with Crippen molar-refractivity contribution < 1.29 is 19.5 Å². The van der Waals surface area contributed by atoms with Crippen LogP contribution in [0, 0.1) is 0 Å². The van der Waals surface area contributed by atoms with E-state index in [1.54, 1.807) is 0 Å². The van der Waals surface area contributed by atoms with Crippen LogP contribution in [0.4, 0.5) is 4.79 Å². The summed E-state index contributed by atoms with van der Waals surface area (Å²) in [6.45, 7) is 1.62. The van der Waals surface area contributed by atoms with Crippen molar-refractivity contribution in [1.82, 2.24) is 15.5 Å². The fraction of sp³-hybridized carbons (Fsp3) is 0.727. The van der Waals surface area contributed by atoms with E-state index in [9.17, 15) is 14.4 Å². The van der Waals surface area contributed by atoms with Gasteiger partial charge in [0.1, 0.15) is 6.04 Å². The minimum atomic E-state index is -1.07. The third kappa shape index (κ3) is 4.60. The first-order chi connectivity index (χ1) is 8.41. The lowest BCUT2D eigenvalue weighted by Gasteiger charge is -2.21. The minimum Gasteiger partial charge on any atom is -0.480 e. The summed E-state index contributed by atoms with van der Waals surface area (Å²) in [5.41, 5.74) is 0. The van der Waals surface area contributed by atoms with Crippen molar-refractivity contribution in [3.05, 3.63) is 0 Å². The Kier molecular flexibility index (Phi) is 4.94. The fourth-order valence-electron chi connectivity index (χ4n) is 1.28. The molecule has 1 rings (SSSR count). The molecule has 18 heavy (non-hydrogen) atoms. The maximum absolute atomic E-state index is 11.5. The predicted molar refractivity (Wildman–Crippen MR) is 64.0 cm³/mol. The molecule has 1 atom stereocenters. The molecular weight excluding hydrogens is 238 g/mol. The van der Waals surface area contributed by atoms with E-state index >= 15 is 0 Å². The lowest BCUT2D eigenvalue weighted by atomic mass is 10.3. The molecule has 7 nitrogen and oxygen atoms in total. The Balaban J connectivity index is 2.19. The molecular formula is C11H19N3O4. The van der Waals surface area contributed by atoms with Crippen LogP contribution in [0.2, 0.25) is 0 Å². The van der Waals surface area contributed by atoms with Crippen molar-refractivity contribution >= 4 is 17.9 Å². The zero-order valence-corrected chi connectivity index (χ0v) is 10.6. The number of hydrogen-bond acceptors (Lipinski definition) is 3. The molecule has 0 radical (unpaired) electrons. The predicted octanol–water partition coefficient (Wildman–Crippen LogP) is -0.230. The highest BCUT2D eigenvalue weighted by molar-refractivity contribution is 5.82. The molecule has 3 amide bonds. The van der Waals surface area contributed by atoms with Crippen LogP contribution >= 0.6 is 0 Å². The van der Waals surface area contributed by atoms with E-state index in [1.807, 2.05) is 0 Å².